The summed E-state index contributed by atoms with van der Waals surface area (Å²) in [6, 6.07) is 3.36. The third-order valence-electron chi connectivity index (χ3n) is 1.76. The van der Waals surface area contributed by atoms with Gasteiger partial charge in [0, 0.05) is 12.5 Å². The summed E-state index contributed by atoms with van der Waals surface area (Å²) in [5.74, 6) is 0.914. The Morgan fingerprint density at radius 3 is 2.25 bits per heavy atom. The van der Waals surface area contributed by atoms with Crippen molar-refractivity contribution in [3.05, 3.63) is 17.9 Å². The van der Waals surface area contributed by atoms with Gasteiger partial charge in [-0.2, -0.15) is 0 Å². The van der Waals surface area contributed by atoms with E-state index >= 15 is 0 Å². The maximum atomic E-state index is 12.0. The van der Waals surface area contributed by atoms with Crippen LogP contribution in [0.3, 0.4) is 0 Å². The highest BCUT2D eigenvalue weighted by molar-refractivity contribution is 7.48. The molecule has 0 aliphatic rings. The number of hydrogen-bond acceptors (Lipinski definition) is 5. The summed E-state index contributed by atoms with van der Waals surface area (Å²) in [6.07, 6.45) is 0.747. The maximum Gasteiger partial charge on any atom is 0.532 e. The highest BCUT2D eigenvalue weighted by atomic mass is 31.2. The first-order valence-electron chi connectivity index (χ1n) is 5.31. The fraction of sp³-hybridized carbons (Fsp3) is 0.600. The molecule has 1 aromatic heterocycles. The smallest absolute Gasteiger partial charge is 0.431 e. The molecular formula is C10H17O5P. The van der Waals surface area contributed by atoms with E-state index < -0.39 is 7.82 Å². The molecule has 0 aliphatic heterocycles. The first-order chi connectivity index (χ1) is 7.63. The van der Waals surface area contributed by atoms with Crippen molar-refractivity contribution in [1.29, 1.82) is 0 Å². The molecule has 0 spiro atoms. The lowest BCUT2D eigenvalue weighted by atomic mass is 10.4. The average molecular weight is 248 g/mol. The van der Waals surface area contributed by atoms with Gasteiger partial charge in [-0.15, -0.1) is 0 Å². The predicted molar refractivity (Wildman–Crippen MR) is 59.6 cm³/mol. The van der Waals surface area contributed by atoms with Gasteiger partial charge in [-0.25, -0.2) is 4.57 Å². The minimum Gasteiger partial charge on any atom is -0.431 e. The molecule has 0 saturated heterocycles. The molecule has 0 aromatic carbocycles. The highest BCUT2D eigenvalue weighted by Gasteiger charge is 2.28. The fourth-order valence-corrected chi connectivity index (χ4v) is 2.24. The van der Waals surface area contributed by atoms with E-state index in [9.17, 15) is 4.57 Å². The zero-order valence-corrected chi connectivity index (χ0v) is 10.7. The average Bonchev–Trinajstić information content (AvgIpc) is 2.65. The van der Waals surface area contributed by atoms with Crippen LogP contribution in [0.2, 0.25) is 0 Å². The molecule has 0 amide bonds. The second-order valence-corrected chi connectivity index (χ2v) is 4.54. The third kappa shape index (κ3) is 3.67. The summed E-state index contributed by atoms with van der Waals surface area (Å²) in [6.45, 7) is 5.88. The monoisotopic (exact) mass is 248 g/mol. The number of rotatable bonds is 7. The Kier molecular flexibility index (Phi) is 5.06. The van der Waals surface area contributed by atoms with Crippen molar-refractivity contribution in [2.45, 2.75) is 27.2 Å². The lowest BCUT2D eigenvalue weighted by Gasteiger charge is -2.14. The largest absolute Gasteiger partial charge is 0.532 e. The van der Waals surface area contributed by atoms with Crippen molar-refractivity contribution in [3.8, 4) is 5.95 Å². The number of hydrogen-bond donors (Lipinski definition) is 0. The van der Waals surface area contributed by atoms with Gasteiger partial charge < -0.3 is 8.94 Å². The van der Waals surface area contributed by atoms with Crippen LogP contribution in [0.4, 0.5) is 0 Å². The minimum absolute atomic E-state index is 0.155. The zero-order valence-electron chi connectivity index (χ0n) is 9.76. The van der Waals surface area contributed by atoms with Crippen LogP contribution in [0.25, 0.3) is 0 Å². The predicted octanol–water partition coefficient (Wildman–Crippen LogP) is 3.40. The molecule has 1 rings (SSSR count). The molecule has 0 fully saturated rings. The van der Waals surface area contributed by atoms with Gasteiger partial charge in [-0.1, -0.05) is 6.92 Å². The molecule has 0 atom stereocenters. The molecule has 0 saturated carbocycles. The van der Waals surface area contributed by atoms with Crippen molar-refractivity contribution in [3.63, 3.8) is 0 Å². The molecule has 16 heavy (non-hydrogen) atoms. The van der Waals surface area contributed by atoms with E-state index in [1.54, 1.807) is 26.0 Å². The van der Waals surface area contributed by atoms with E-state index in [1.165, 1.54) is 0 Å². The second kappa shape index (κ2) is 6.09. The van der Waals surface area contributed by atoms with E-state index in [0.29, 0.717) is 0 Å². The Labute approximate surface area is 95.3 Å². The van der Waals surface area contributed by atoms with Gasteiger partial charge in [0.15, 0.2) is 0 Å². The summed E-state index contributed by atoms with van der Waals surface area (Å²) >= 11 is 0. The fourth-order valence-electron chi connectivity index (χ4n) is 1.11. The van der Waals surface area contributed by atoms with Crippen molar-refractivity contribution in [2.24, 2.45) is 0 Å². The number of phosphoric acid groups is 1. The van der Waals surface area contributed by atoms with Crippen LogP contribution in [0, 0.1) is 0 Å². The second-order valence-electron chi connectivity index (χ2n) is 2.95. The van der Waals surface area contributed by atoms with E-state index in [4.69, 9.17) is 18.0 Å². The Bertz CT molecular complexity index is 350. The summed E-state index contributed by atoms with van der Waals surface area (Å²) < 4.78 is 32.3. The van der Waals surface area contributed by atoms with E-state index in [-0.39, 0.29) is 19.2 Å². The zero-order chi connectivity index (χ0) is 12.0. The van der Waals surface area contributed by atoms with E-state index in [2.05, 4.69) is 0 Å². The van der Waals surface area contributed by atoms with Gasteiger partial charge in [-0.3, -0.25) is 9.05 Å². The van der Waals surface area contributed by atoms with Crippen LogP contribution < -0.4 is 4.52 Å². The molecule has 1 heterocycles. The minimum atomic E-state index is -3.53. The molecule has 0 radical (unpaired) electrons. The van der Waals surface area contributed by atoms with E-state index in [1.807, 2.05) is 6.92 Å². The van der Waals surface area contributed by atoms with Crippen LogP contribution in [-0.4, -0.2) is 13.2 Å². The number of phosphoric ester groups is 1. The van der Waals surface area contributed by atoms with Crippen molar-refractivity contribution in [2.75, 3.05) is 13.2 Å². The van der Waals surface area contributed by atoms with Gasteiger partial charge in [0.1, 0.15) is 5.76 Å². The van der Waals surface area contributed by atoms with Crippen molar-refractivity contribution >= 4 is 7.82 Å². The lowest BCUT2D eigenvalue weighted by Crippen LogP contribution is -2.01. The third-order valence-corrected chi connectivity index (χ3v) is 3.31. The standard InChI is InChI=1S/C10H17O5P/c1-4-9-7-8-10(14-9)15-16(11,12-5-2)13-6-3/h7-8H,4-6H2,1-3H3. The molecule has 6 heteroatoms. The Balaban J connectivity index is 2.71. The van der Waals surface area contributed by atoms with Crippen molar-refractivity contribution in [1.82, 2.24) is 0 Å². The molecule has 0 N–H and O–H groups in total. The SMILES string of the molecule is CCOP(=O)(OCC)Oc1ccc(CC)o1. The lowest BCUT2D eigenvalue weighted by molar-refractivity contribution is 0.156. The first kappa shape index (κ1) is 13.3. The van der Waals surface area contributed by atoms with Crippen LogP contribution in [0.15, 0.2) is 16.5 Å². The first-order valence-corrected chi connectivity index (χ1v) is 6.77. The van der Waals surface area contributed by atoms with Crippen LogP contribution in [0.1, 0.15) is 26.5 Å². The Morgan fingerprint density at radius 2 is 1.81 bits per heavy atom. The quantitative estimate of drug-likeness (QED) is 0.692. The highest BCUT2D eigenvalue weighted by Crippen LogP contribution is 2.49. The van der Waals surface area contributed by atoms with Crippen LogP contribution in [-0.2, 0) is 20.0 Å². The molecule has 1 aromatic rings. The van der Waals surface area contributed by atoms with Gasteiger partial charge in [-0.05, 0) is 19.9 Å². The molecule has 0 aliphatic carbocycles. The molecule has 0 unspecified atom stereocenters. The molecule has 5 nitrogen and oxygen atoms in total. The maximum absolute atomic E-state index is 12.0. The summed E-state index contributed by atoms with van der Waals surface area (Å²) in [5, 5.41) is 0. The van der Waals surface area contributed by atoms with Crippen LogP contribution >= 0.6 is 7.82 Å². The summed E-state index contributed by atoms with van der Waals surface area (Å²) in [7, 11) is -3.53. The topological polar surface area (TPSA) is 57.9 Å². The Hall–Kier alpha value is -0.770. The molecule has 92 valence electrons. The normalized spacial score (nSPS) is 11.7. The molecular weight excluding hydrogens is 231 g/mol. The van der Waals surface area contributed by atoms with Crippen LogP contribution in [0.5, 0.6) is 5.95 Å². The number of furan rings is 1. The molecule has 0 bridgehead atoms. The summed E-state index contributed by atoms with van der Waals surface area (Å²) in [5.41, 5.74) is 0. The summed E-state index contributed by atoms with van der Waals surface area (Å²) in [4.78, 5) is 0. The Morgan fingerprint density at radius 1 is 1.19 bits per heavy atom. The van der Waals surface area contributed by atoms with Gasteiger partial charge in [0.05, 0.1) is 13.2 Å². The number of aryl methyl sites for hydroxylation is 1. The van der Waals surface area contributed by atoms with Gasteiger partial charge in [0.2, 0.25) is 0 Å². The van der Waals surface area contributed by atoms with Crippen molar-refractivity contribution < 1.29 is 22.6 Å². The van der Waals surface area contributed by atoms with Gasteiger partial charge >= 0.3 is 7.82 Å². The van der Waals surface area contributed by atoms with Gasteiger partial charge in [0.25, 0.3) is 5.95 Å². The van der Waals surface area contributed by atoms with E-state index in [0.717, 1.165) is 12.2 Å².